The van der Waals surface area contributed by atoms with Crippen LogP contribution in [0.3, 0.4) is 0 Å². The maximum atomic E-state index is 5.12. The molecule has 0 aliphatic carbocycles. The van der Waals surface area contributed by atoms with E-state index in [0.29, 0.717) is 0 Å². The van der Waals surface area contributed by atoms with Gasteiger partial charge in [-0.05, 0) is 13.8 Å². The van der Waals surface area contributed by atoms with Gasteiger partial charge in [0.1, 0.15) is 0 Å². The normalized spacial score (nSPS) is 28.3. The van der Waals surface area contributed by atoms with E-state index < -0.39 is 0 Å². The topological polar surface area (TPSA) is 18.5 Å². The van der Waals surface area contributed by atoms with Crippen LogP contribution in [0, 0.1) is 0 Å². The number of hydrogen-bond donors (Lipinski definition) is 0. The van der Waals surface area contributed by atoms with Gasteiger partial charge < -0.3 is 9.47 Å². The third kappa shape index (κ3) is 1.14. The Morgan fingerprint density at radius 2 is 1.57 bits per heavy atom. The second-order valence-electron chi connectivity index (χ2n) is 2.10. The minimum Gasteiger partial charge on any atom is -0.348 e. The Bertz CT molecular complexity index is 60.5. The summed E-state index contributed by atoms with van der Waals surface area (Å²) in [6, 6.07) is 0. The third-order valence-electron chi connectivity index (χ3n) is 0.983. The van der Waals surface area contributed by atoms with Crippen LogP contribution in [-0.2, 0) is 9.47 Å². The van der Waals surface area contributed by atoms with E-state index in [2.05, 4.69) is 0 Å². The van der Waals surface area contributed by atoms with Crippen molar-refractivity contribution < 1.29 is 9.47 Å². The summed E-state index contributed by atoms with van der Waals surface area (Å²) >= 11 is 0. The minimum atomic E-state index is -0.306. The van der Waals surface area contributed by atoms with Gasteiger partial charge in [-0.2, -0.15) is 0 Å². The van der Waals surface area contributed by atoms with Gasteiger partial charge in [0.25, 0.3) is 0 Å². The molecule has 1 heterocycles. The fourth-order valence-corrected chi connectivity index (χ4v) is 0.617. The Hall–Kier alpha value is -0.0800. The fourth-order valence-electron chi connectivity index (χ4n) is 0.617. The standard InChI is InChI=1S/C5H10O2/c1-5(2)6-3-4-7-5/h3-4H2,1-2H3. The van der Waals surface area contributed by atoms with E-state index in [1.165, 1.54) is 0 Å². The zero-order valence-electron chi connectivity index (χ0n) is 4.73. The van der Waals surface area contributed by atoms with Gasteiger partial charge in [0.05, 0.1) is 13.2 Å². The molecule has 0 saturated carbocycles. The Morgan fingerprint density at radius 1 is 1.14 bits per heavy atom. The van der Waals surface area contributed by atoms with E-state index in [0.717, 1.165) is 13.2 Å². The SMILES string of the molecule is CC1(C)OCCO1. The predicted molar refractivity (Wildman–Crippen MR) is 26.0 cm³/mol. The van der Waals surface area contributed by atoms with Gasteiger partial charge in [0.2, 0.25) is 0 Å². The van der Waals surface area contributed by atoms with Gasteiger partial charge in [0, 0.05) is 0 Å². The van der Waals surface area contributed by atoms with E-state index in [4.69, 9.17) is 9.47 Å². The van der Waals surface area contributed by atoms with Gasteiger partial charge >= 0.3 is 0 Å². The summed E-state index contributed by atoms with van der Waals surface area (Å²) in [7, 11) is 0. The Morgan fingerprint density at radius 3 is 1.71 bits per heavy atom. The molecule has 1 aliphatic heterocycles. The third-order valence-corrected chi connectivity index (χ3v) is 0.983. The van der Waals surface area contributed by atoms with Crippen molar-refractivity contribution in [2.45, 2.75) is 19.6 Å². The van der Waals surface area contributed by atoms with Crippen molar-refractivity contribution in [3.63, 3.8) is 0 Å². The van der Waals surface area contributed by atoms with Gasteiger partial charge in [-0.15, -0.1) is 0 Å². The molecular weight excluding hydrogens is 92.1 g/mol. The molecule has 0 atom stereocenters. The summed E-state index contributed by atoms with van der Waals surface area (Å²) in [5, 5.41) is 0. The molecule has 2 nitrogen and oxygen atoms in total. The van der Waals surface area contributed by atoms with Crippen molar-refractivity contribution in [1.82, 2.24) is 0 Å². The summed E-state index contributed by atoms with van der Waals surface area (Å²) in [6.07, 6.45) is 0. The van der Waals surface area contributed by atoms with Crippen molar-refractivity contribution in [2.24, 2.45) is 0 Å². The van der Waals surface area contributed by atoms with Crippen molar-refractivity contribution >= 4 is 0 Å². The van der Waals surface area contributed by atoms with Crippen molar-refractivity contribution in [2.75, 3.05) is 13.2 Å². The first-order chi connectivity index (χ1) is 3.21. The molecule has 0 aromatic rings. The molecule has 0 aromatic heterocycles. The lowest BCUT2D eigenvalue weighted by Gasteiger charge is -2.13. The van der Waals surface area contributed by atoms with Crippen LogP contribution in [0.5, 0.6) is 0 Å². The molecule has 0 radical (unpaired) electrons. The molecule has 0 spiro atoms. The Labute approximate surface area is 43.4 Å². The molecule has 0 aromatic carbocycles. The minimum absolute atomic E-state index is 0.306. The predicted octanol–water partition coefficient (Wildman–Crippen LogP) is 0.769. The molecule has 1 fully saturated rings. The van der Waals surface area contributed by atoms with Crippen LogP contribution in [0.1, 0.15) is 13.8 Å². The summed E-state index contributed by atoms with van der Waals surface area (Å²) in [5.41, 5.74) is 0. The highest BCUT2D eigenvalue weighted by Gasteiger charge is 2.23. The quantitative estimate of drug-likeness (QED) is 0.449. The molecule has 0 N–H and O–H groups in total. The monoisotopic (exact) mass is 102 g/mol. The lowest BCUT2D eigenvalue weighted by atomic mass is 10.4. The van der Waals surface area contributed by atoms with Gasteiger partial charge in [-0.25, -0.2) is 0 Å². The molecule has 2 heteroatoms. The van der Waals surface area contributed by atoms with Crippen molar-refractivity contribution in [3.05, 3.63) is 0 Å². The average molecular weight is 102 g/mol. The van der Waals surface area contributed by atoms with Crippen molar-refractivity contribution in [1.29, 1.82) is 0 Å². The summed E-state index contributed by atoms with van der Waals surface area (Å²) in [4.78, 5) is 0. The maximum Gasteiger partial charge on any atom is 0.162 e. The molecule has 42 valence electrons. The Balaban J connectivity index is 2.40. The van der Waals surface area contributed by atoms with E-state index in [1.807, 2.05) is 13.8 Å². The molecule has 1 rings (SSSR count). The van der Waals surface area contributed by atoms with Crippen LogP contribution >= 0.6 is 0 Å². The highest BCUT2D eigenvalue weighted by Crippen LogP contribution is 2.15. The molecule has 0 unspecified atom stereocenters. The summed E-state index contributed by atoms with van der Waals surface area (Å²) in [5.74, 6) is -0.306. The lowest BCUT2D eigenvalue weighted by molar-refractivity contribution is -0.125. The van der Waals surface area contributed by atoms with Crippen LogP contribution in [0.2, 0.25) is 0 Å². The first kappa shape index (κ1) is 5.06. The Kier molecular flexibility index (Phi) is 1.05. The largest absolute Gasteiger partial charge is 0.348 e. The number of ether oxygens (including phenoxy) is 2. The smallest absolute Gasteiger partial charge is 0.162 e. The van der Waals surface area contributed by atoms with Crippen LogP contribution in [0.4, 0.5) is 0 Å². The first-order valence-corrected chi connectivity index (χ1v) is 2.49. The van der Waals surface area contributed by atoms with Crippen LogP contribution in [0.25, 0.3) is 0 Å². The molecule has 7 heavy (non-hydrogen) atoms. The maximum absolute atomic E-state index is 5.12. The van der Waals surface area contributed by atoms with Crippen LogP contribution in [-0.4, -0.2) is 19.0 Å². The summed E-state index contributed by atoms with van der Waals surface area (Å²) < 4.78 is 10.2. The molecule has 1 aliphatic rings. The van der Waals surface area contributed by atoms with Gasteiger partial charge in [-0.1, -0.05) is 0 Å². The highest BCUT2D eigenvalue weighted by atomic mass is 16.7. The van der Waals surface area contributed by atoms with E-state index >= 15 is 0 Å². The van der Waals surface area contributed by atoms with E-state index in [9.17, 15) is 0 Å². The zero-order chi connectivity index (χ0) is 5.33. The summed E-state index contributed by atoms with van der Waals surface area (Å²) in [6.45, 7) is 5.32. The lowest BCUT2D eigenvalue weighted by Crippen LogP contribution is -2.18. The molecule has 0 bridgehead atoms. The van der Waals surface area contributed by atoms with Crippen LogP contribution in [0.15, 0.2) is 0 Å². The zero-order valence-corrected chi connectivity index (χ0v) is 4.73. The number of hydrogen-bond acceptors (Lipinski definition) is 2. The fraction of sp³-hybridized carbons (Fsp3) is 1.00. The first-order valence-electron chi connectivity index (χ1n) is 2.49. The number of rotatable bonds is 0. The molecular formula is C5H10O2. The van der Waals surface area contributed by atoms with E-state index in [-0.39, 0.29) is 5.79 Å². The molecule has 0 amide bonds. The van der Waals surface area contributed by atoms with Crippen molar-refractivity contribution in [3.8, 4) is 0 Å². The second-order valence-corrected chi connectivity index (χ2v) is 2.10. The average Bonchev–Trinajstić information content (AvgIpc) is 1.84. The van der Waals surface area contributed by atoms with Crippen LogP contribution < -0.4 is 0 Å². The van der Waals surface area contributed by atoms with E-state index in [1.54, 1.807) is 0 Å². The van der Waals surface area contributed by atoms with Gasteiger partial charge in [0.15, 0.2) is 5.79 Å². The molecule has 1 saturated heterocycles. The van der Waals surface area contributed by atoms with Gasteiger partial charge in [-0.3, -0.25) is 0 Å². The second kappa shape index (κ2) is 1.46. The highest BCUT2D eigenvalue weighted by molar-refractivity contribution is 4.58.